The number of rotatable bonds is 11. The van der Waals surface area contributed by atoms with Crippen molar-refractivity contribution in [1.29, 1.82) is 5.26 Å². The van der Waals surface area contributed by atoms with Gasteiger partial charge in [0, 0.05) is 24.9 Å². The molecule has 0 aliphatic carbocycles. The van der Waals surface area contributed by atoms with Crippen LogP contribution in [0.15, 0.2) is 54.2 Å². The largest absolute Gasteiger partial charge is 0.491 e. The maximum absolute atomic E-state index is 12.0. The molecule has 2 rings (SSSR count). The molecule has 0 saturated heterocycles. The van der Waals surface area contributed by atoms with Crippen molar-refractivity contribution in [2.45, 2.75) is 32.4 Å². The van der Waals surface area contributed by atoms with Crippen LogP contribution >= 0.6 is 0 Å². The van der Waals surface area contributed by atoms with Gasteiger partial charge in [0.2, 0.25) is 5.91 Å². The number of nitriles is 1. The lowest BCUT2D eigenvalue weighted by Crippen LogP contribution is -2.29. The van der Waals surface area contributed by atoms with Crippen LogP contribution in [0.5, 0.6) is 5.75 Å². The zero-order valence-electron chi connectivity index (χ0n) is 18.1. The van der Waals surface area contributed by atoms with Crippen LogP contribution in [0.2, 0.25) is 0 Å². The van der Waals surface area contributed by atoms with Gasteiger partial charge in [0.1, 0.15) is 24.7 Å². The summed E-state index contributed by atoms with van der Waals surface area (Å²) in [6.45, 7) is 1.39. The van der Waals surface area contributed by atoms with Gasteiger partial charge in [-0.1, -0.05) is 30.3 Å². The lowest BCUT2D eigenvalue weighted by atomic mass is 10.1. The number of hydrogen-bond acceptors (Lipinski definition) is 7. The summed E-state index contributed by atoms with van der Waals surface area (Å²) in [7, 11) is 0. The van der Waals surface area contributed by atoms with E-state index in [1.807, 2.05) is 36.4 Å². The summed E-state index contributed by atoms with van der Waals surface area (Å²) in [4.78, 5) is 34.6. The number of esters is 1. The molecule has 9 heteroatoms. The molecule has 0 unspecified atom stereocenters. The molecule has 0 bridgehead atoms. The minimum Gasteiger partial charge on any atom is -0.491 e. The number of ether oxygens (including phenoxy) is 2. The van der Waals surface area contributed by atoms with Crippen LogP contribution in [0, 0.1) is 11.3 Å². The van der Waals surface area contributed by atoms with Crippen molar-refractivity contribution < 1.29 is 29.0 Å². The van der Waals surface area contributed by atoms with E-state index in [4.69, 9.17) is 20.5 Å². The van der Waals surface area contributed by atoms with Crippen molar-refractivity contribution >= 4 is 23.9 Å². The normalized spacial score (nSPS) is 11.7. The molecule has 4 N–H and O–H groups in total. The molecular formula is C24H25N3O6. The van der Waals surface area contributed by atoms with Crippen LogP contribution in [0.3, 0.4) is 0 Å². The van der Waals surface area contributed by atoms with Crippen LogP contribution < -0.4 is 15.8 Å². The van der Waals surface area contributed by atoms with E-state index < -0.39 is 17.9 Å². The minimum atomic E-state index is -1.33. The second-order valence-electron chi connectivity index (χ2n) is 7.16. The number of aliphatic carboxylic acids is 1. The molecule has 1 atom stereocenters. The summed E-state index contributed by atoms with van der Waals surface area (Å²) < 4.78 is 10.9. The van der Waals surface area contributed by atoms with Crippen molar-refractivity contribution in [3.8, 4) is 11.8 Å². The van der Waals surface area contributed by atoms with Crippen molar-refractivity contribution in [2.24, 2.45) is 5.73 Å². The zero-order valence-corrected chi connectivity index (χ0v) is 18.1. The first kappa shape index (κ1) is 25.1. The number of nitrogens with one attached hydrogen (secondary N) is 1. The number of carbonyl (C=O) groups is 3. The Hall–Kier alpha value is -4.16. The quantitative estimate of drug-likeness (QED) is 0.348. The van der Waals surface area contributed by atoms with E-state index in [0.717, 1.165) is 5.56 Å². The van der Waals surface area contributed by atoms with Crippen molar-refractivity contribution in [1.82, 2.24) is 5.32 Å². The Bertz CT molecular complexity index is 1060. The molecule has 0 aromatic heterocycles. The first-order valence-electron chi connectivity index (χ1n) is 10.1. The Morgan fingerprint density at radius 1 is 1.21 bits per heavy atom. The molecule has 2 aromatic rings. The number of nitrogens with zero attached hydrogens (tertiary/aromatic N) is 1. The van der Waals surface area contributed by atoms with Gasteiger partial charge in [-0.25, -0.2) is 4.79 Å². The topological polar surface area (TPSA) is 152 Å². The summed E-state index contributed by atoms with van der Waals surface area (Å²) >= 11 is 0. The summed E-state index contributed by atoms with van der Waals surface area (Å²) in [6.07, 6.45) is 1.64. The molecule has 1 amide bonds. The van der Waals surface area contributed by atoms with Gasteiger partial charge >= 0.3 is 11.9 Å². The Morgan fingerprint density at radius 2 is 1.94 bits per heavy atom. The van der Waals surface area contributed by atoms with Gasteiger partial charge in [-0.2, -0.15) is 5.26 Å². The van der Waals surface area contributed by atoms with Crippen LogP contribution in [-0.4, -0.2) is 35.6 Å². The number of carboxylic acid groups (broad SMARTS) is 1. The molecule has 33 heavy (non-hydrogen) atoms. The number of nitrogens with two attached hydrogens (primary N) is 1. The highest BCUT2D eigenvalue weighted by molar-refractivity contribution is 5.96. The second-order valence-corrected chi connectivity index (χ2v) is 7.16. The third kappa shape index (κ3) is 8.85. The van der Waals surface area contributed by atoms with E-state index in [0.29, 0.717) is 17.5 Å². The van der Waals surface area contributed by atoms with Crippen LogP contribution in [-0.2, 0) is 25.7 Å². The minimum absolute atomic E-state index is 0.0181. The summed E-state index contributed by atoms with van der Waals surface area (Å²) in [5.74, 6) is -2.03. The van der Waals surface area contributed by atoms with E-state index in [9.17, 15) is 19.5 Å². The second kappa shape index (κ2) is 12.6. The first-order chi connectivity index (χ1) is 15.8. The van der Waals surface area contributed by atoms with Crippen LogP contribution in [0.1, 0.15) is 36.5 Å². The van der Waals surface area contributed by atoms with Gasteiger partial charge in [-0.05, 0) is 36.3 Å². The van der Waals surface area contributed by atoms with Crippen molar-refractivity contribution in [3.05, 3.63) is 70.9 Å². The third-order valence-corrected chi connectivity index (χ3v) is 4.40. The number of carboxylic acids is 1. The zero-order chi connectivity index (χ0) is 24.2. The standard InChI is InChI=1S/C24H25N3O6/c1-16(28)27-21(24(30)31)12-19-8-7-18(13-25)11-22(19)32-15-20(26)9-10-23(29)33-14-17-5-3-2-4-6-17/h2-8,11-12,20H,9-10,14-15,26H2,1H3,(H,27,28)(H,30,31)/t20-/m1/s1. The fourth-order valence-corrected chi connectivity index (χ4v) is 2.74. The number of benzene rings is 2. The molecule has 2 aromatic carbocycles. The third-order valence-electron chi connectivity index (χ3n) is 4.40. The number of hydrogen-bond donors (Lipinski definition) is 3. The Morgan fingerprint density at radius 3 is 2.58 bits per heavy atom. The highest BCUT2D eigenvalue weighted by Crippen LogP contribution is 2.23. The SMILES string of the molecule is CC(=O)NC(=Cc1ccc(C#N)cc1OC[C@H](N)CCC(=O)OCc1ccccc1)C(=O)O. The van der Waals surface area contributed by atoms with Gasteiger partial charge in [0.15, 0.2) is 0 Å². The number of carbonyl (C=O) groups excluding carboxylic acids is 2. The van der Waals surface area contributed by atoms with E-state index in [-0.39, 0.29) is 37.1 Å². The Balaban J connectivity index is 1.97. The fraction of sp³-hybridized carbons (Fsp3) is 0.250. The Kier molecular flexibility index (Phi) is 9.61. The molecule has 0 aliphatic heterocycles. The molecule has 0 spiro atoms. The summed E-state index contributed by atoms with van der Waals surface area (Å²) in [6, 6.07) is 15.2. The monoisotopic (exact) mass is 451 g/mol. The Labute approximate surface area is 191 Å². The predicted molar refractivity (Wildman–Crippen MR) is 120 cm³/mol. The van der Waals surface area contributed by atoms with E-state index >= 15 is 0 Å². The number of amides is 1. The van der Waals surface area contributed by atoms with Gasteiger partial charge < -0.3 is 25.6 Å². The molecule has 0 aliphatic rings. The van der Waals surface area contributed by atoms with Crippen LogP contribution in [0.25, 0.3) is 6.08 Å². The first-order valence-corrected chi connectivity index (χ1v) is 10.1. The van der Waals surface area contributed by atoms with Gasteiger partial charge in [0.05, 0.1) is 11.6 Å². The van der Waals surface area contributed by atoms with E-state index in [1.54, 1.807) is 0 Å². The fourth-order valence-electron chi connectivity index (χ4n) is 2.74. The predicted octanol–water partition coefficient (Wildman–Crippen LogP) is 2.35. The average Bonchev–Trinajstić information content (AvgIpc) is 2.80. The lowest BCUT2D eigenvalue weighted by molar-refractivity contribution is -0.145. The molecule has 0 radical (unpaired) electrons. The smallest absolute Gasteiger partial charge is 0.352 e. The maximum Gasteiger partial charge on any atom is 0.352 e. The highest BCUT2D eigenvalue weighted by atomic mass is 16.5. The van der Waals surface area contributed by atoms with Gasteiger partial charge in [-0.15, -0.1) is 0 Å². The van der Waals surface area contributed by atoms with Gasteiger partial charge in [0.25, 0.3) is 0 Å². The maximum atomic E-state index is 12.0. The molecule has 0 fully saturated rings. The van der Waals surface area contributed by atoms with Crippen molar-refractivity contribution in [3.63, 3.8) is 0 Å². The molecule has 0 heterocycles. The highest BCUT2D eigenvalue weighted by Gasteiger charge is 2.14. The van der Waals surface area contributed by atoms with E-state index in [2.05, 4.69) is 5.32 Å². The molecule has 0 saturated carbocycles. The summed E-state index contributed by atoms with van der Waals surface area (Å²) in [5.41, 5.74) is 7.23. The molecular weight excluding hydrogens is 426 g/mol. The average molecular weight is 451 g/mol. The molecule has 9 nitrogen and oxygen atoms in total. The van der Waals surface area contributed by atoms with Crippen molar-refractivity contribution in [2.75, 3.05) is 6.61 Å². The van der Waals surface area contributed by atoms with Crippen LogP contribution in [0.4, 0.5) is 0 Å². The summed E-state index contributed by atoms with van der Waals surface area (Å²) in [5, 5.41) is 20.7. The van der Waals surface area contributed by atoms with Gasteiger partial charge in [-0.3, -0.25) is 9.59 Å². The van der Waals surface area contributed by atoms with E-state index in [1.165, 1.54) is 31.2 Å². The lowest BCUT2D eigenvalue weighted by Gasteiger charge is -2.15. The molecule has 172 valence electrons.